The Morgan fingerprint density at radius 3 is 2.50 bits per heavy atom. The summed E-state index contributed by atoms with van der Waals surface area (Å²) in [5.74, 6) is -0.295. The topological polar surface area (TPSA) is 127 Å². The van der Waals surface area contributed by atoms with Crippen LogP contribution in [-0.4, -0.2) is 59.8 Å². The highest BCUT2D eigenvalue weighted by molar-refractivity contribution is 6.05. The summed E-state index contributed by atoms with van der Waals surface area (Å²) < 4.78 is 6.08. The number of carbonyl (C=O) groups excluding carboxylic acids is 3. The lowest BCUT2D eigenvalue weighted by molar-refractivity contribution is -0.136. The number of hydrogen-bond acceptors (Lipinski definition) is 7. The summed E-state index contributed by atoms with van der Waals surface area (Å²) in [7, 11) is 0. The van der Waals surface area contributed by atoms with Gasteiger partial charge in [-0.3, -0.25) is 19.7 Å². The molecule has 1 atom stereocenters. The minimum atomic E-state index is -0.649. The fourth-order valence-electron chi connectivity index (χ4n) is 5.65. The molecule has 0 spiro atoms. The first-order valence-corrected chi connectivity index (χ1v) is 13.0. The van der Waals surface area contributed by atoms with Crippen molar-refractivity contribution in [1.82, 2.24) is 15.1 Å². The maximum atomic E-state index is 13.0. The summed E-state index contributed by atoms with van der Waals surface area (Å²) in [5, 5.41) is 21.3. The first kappa shape index (κ1) is 25.4. The smallest absolute Gasteiger partial charge is 0.255 e. The molecule has 2 fully saturated rings. The lowest BCUT2D eigenvalue weighted by Gasteiger charge is -2.37. The van der Waals surface area contributed by atoms with Gasteiger partial charge < -0.3 is 14.5 Å². The largest absolute Gasteiger partial charge is 0.493 e. The highest BCUT2D eigenvalue weighted by atomic mass is 16.5. The molecular formula is C29H29N5O4. The van der Waals surface area contributed by atoms with E-state index in [0.717, 1.165) is 50.0 Å². The second-order valence-corrected chi connectivity index (χ2v) is 10.1. The molecule has 38 heavy (non-hydrogen) atoms. The summed E-state index contributed by atoms with van der Waals surface area (Å²) in [6, 6.07) is 16.7. The lowest BCUT2D eigenvalue weighted by Crippen LogP contribution is -2.52. The Morgan fingerprint density at radius 1 is 1.05 bits per heavy atom. The van der Waals surface area contributed by atoms with Crippen LogP contribution in [0.4, 0.5) is 0 Å². The fourth-order valence-corrected chi connectivity index (χ4v) is 5.65. The quantitative estimate of drug-likeness (QED) is 0.447. The average Bonchev–Trinajstić information content (AvgIpc) is 3.28. The van der Waals surface area contributed by atoms with Gasteiger partial charge in [-0.15, -0.1) is 0 Å². The number of fused-ring (bicyclic) bond motifs is 1. The lowest BCUT2D eigenvalue weighted by atomic mass is 9.74. The molecule has 1 unspecified atom stereocenters. The standard InChI is InChI=1S/C29H29N5O4/c30-17-20-5-7-21(8-6-20)29(19-31)11-14-33(15-12-29)13-2-16-38-25-4-1-3-22-23(25)18-34(28(22)37)24-9-10-26(35)32-27(24)36/h1,3-8,24H,2,9-16,18H2,(H,32,35,36). The molecule has 9 nitrogen and oxygen atoms in total. The van der Waals surface area contributed by atoms with Crippen molar-refractivity contribution in [2.75, 3.05) is 26.2 Å². The van der Waals surface area contributed by atoms with Gasteiger partial charge in [-0.05, 0) is 68.6 Å². The van der Waals surface area contributed by atoms with Gasteiger partial charge in [0, 0.05) is 24.1 Å². The summed E-state index contributed by atoms with van der Waals surface area (Å²) >= 11 is 0. The highest BCUT2D eigenvalue weighted by Crippen LogP contribution is 2.36. The predicted octanol–water partition coefficient (Wildman–Crippen LogP) is 2.65. The van der Waals surface area contributed by atoms with Crippen LogP contribution in [0.15, 0.2) is 42.5 Å². The summed E-state index contributed by atoms with van der Waals surface area (Å²) in [6.45, 7) is 3.23. The molecule has 0 radical (unpaired) electrons. The molecule has 194 valence electrons. The highest BCUT2D eigenvalue weighted by Gasteiger charge is 2.40. The van der Waals surface area contributed by atoms with Crippen LogP contribution in [0.3, 0.4) is 0 Å². The predicted molar refractivity (Wildman–Crippen MR) is 137 cm³/mol. The Labute approximate surface area is 221 Å². The van der Waals surface area contributed by atoms with Crippen LogP contribution in [0.25, 0.3) is 0 Å². The Balaban J connectivity index is 1.13. The van der Waals surface area contributed by atoms with E-state index >= 15 is 0 Å². The average molecular weight is 512 g/mol. The minimum absolute atomic E-state index is 0.212. The molecular weight excluding hydrogens is 482 g/mol. The molecule has 3 heterocycles. The van der Waals surface area contributed by atoms with Crippen molar-refractivity contribution < 1.29 is 19.1 Å². The molecule has 3 aliphatic rings. The number of ether oxygens (including phenoxy) is 1. The third-order valence-corrected chi connectivity index (χ3v) is 7.91. The van der Waals surface area contributed by atoms with E-state index in [0.29, 0.717) is 29.9 Å². The Kier molecular flexibility index (Phi) is 7.13. The van der Waals surface area contributed by atoms with E-state index < -0.39 is 17.4 Å². The molecule has 2 aromatic rings. The SMILES string of the molecule is N#Cc1ccc(C2(C#N)CCN(CCCOc3cccc4c3CN(C3CCC(=O)NC3=O)C4=O)CC2)cc1. The van der Waals surface area contributed by atoms with E-state index in [2.05, 4.69) is 22.4 Å². The van der Waals surface area contributed by atoms with Crippen LogP contribution in [0.5, 0.6) is 5.75 Å². The molecule has 0 aromatic heterocycles. The maximum Gasteiger partial charge on any atom is 0.255 e. The van der Waals surface area contributed by atoms with Crippen LogP contribution in [0.1, 0.15) is 59.2 Å². The summed E-state index contributed by atoms with van der Waals surface area (Å²) in [6.07, 6.45) is 2.82. The van der Waals surface area contributed by atoms with E-state index in [1.807, 2.05) is 18.2 Å². The van der Waals surface area contributed by atoms with Crippen LogP contribution in [0.2, 0.25) is 0 Å². The van der Waals surface area contributed by atoms with Crippen molar-refractivity contribution >= 4 is 17.7 Å². The number of nitrogens with one attached hydrogen (secondary N) is 1. The van der Waals surface area contributed by atoms with Crippen molar-refractivity contribution in [2.45, 2.75) is 50.1 Å². The number of piperidine rings is 2. The molecule has 3 aliphatic heterocycles. The number of hydrogen-bond donors (Lipinski definition) is 1. The number of amides is 3. The molecule has 2 saturated heterocycles. The van der Waals surface area contributed by atoms with Crippen LogP contribution >= 0.6 is 0 Å². The Morgan fingerprint density at radius 2 is 1.82 bits per heavy atom. The molecule has 0 saturated carbocycles. The van der Waals surface area contributed by atoms with Crippen molar-refractivity contribution in [3.8, 4) is 17.9 Å². The van der Waals surface area contributed by atoms with Gasteiger partial charge in [0.1, 0.15) is 11.8 Å². The van der Waals surface area contributed by atoms with E-state index in [1.165, 1.54) is 4.90 Å². The Bertz CT molecular complexity index is 1330. The van der Waals surface area contributed by atoms with Crippen LogP contribution in [-0.2, 0) is 21.5 Å². The van der Waals surface area contributed by atoms with Crippen LogP contribution < -0.4 is 10.1 Å². The van der Waals surface area contributed by atoms with Gasteiger partial charge in [0.25, 0.3) is 5.91 Å². The van der Waals surface area contributed by atoms with E-state index in [9.17, 15) is 19.6 Å². The van der Waals surface area contributed by atoms with Gasteiger partial charge in [-0.2, -0.15) is 10.5 Å². The third-order valence-electron chi connectivity index (χ3n) is 7.91. The van der Waals surface area contributed by atoms with Crippen molar-refractivity contribution in [3.63, 3.8) is 0 Å². The number of imide groups is 1. The van der Waals surface area contributed by atoms with Gasteiger partial charge >= 0.3 is 0 Å². The van der Waals surface area contributed by atoms with Gasteiger partial charge in [0.05, 0.1) is 36.3 Å². The van der Waals surface area contributed by atoms with Gasteiger partial charge in [-0.1, -0.05) is 18.2 Å². The number of nitriles is 2. The number of benzene rings is 2. The zero-order valence-corrected chi connectivity index (χ0v) is 21.1. The zero-order valence-electron chi connectivity index (χ0n) is 21.1. The number of rotatable bonds is 7. The normalized spacial score (nSPS) is 20.8. The van der Waals surface area contributed by atoms with Gasteiger partial charge in [0.15, 0.2) is 0 Å². The van der Waals surface area contributed by atoms with E-state index in [-0.39, 0.29) is 24.8 Å². The summed E-state index contributed by atoms with van der Waals surface area (Å²) in [4.78, 5) is 40.7. The Hall–Kier alpha value is -4.21. The van der Waals surface area contributed by atoms with Crippen molar-refractivity contribution in [1.29, 1.82) is 10.5 Å². The molecule has 0 aliphatic carbocycles. The molecule has 0 bridgehead atoms. The second kappa shape index (κ2) is 10.6. The fraction of sp³-hybridized carbons (Fsp3) is 0.414. The maximum absolute atomic E-state index is 13.0. The van der Waals surface area contributed by atoms with Crippen LogP contribution in [0, 0.1) is 22.7 Å². The number of nitrogens with zero attached hydrogens (tertiary/aromatic N) is 4. The third kappa shape index (κ3) is 4.85. The second-order valence-electron chi connectivity index (χ2n) is 10.1. The minimum Gasteiger partial charge on any atom is -0.493 e. The first-order valence-electron chi connectivity index (χ1n) is 13.0. The molecule has 1 N–H and O–H groups in total. The van der Waals surface area contributed by atoms with Gasteiger partial charge in [0.2, 0.25) is 11.8 Å². The molecule has 5 rings (SSSR count). The summed E-state index contributed by atoms with van der Waals surface area (Å²) in [5.41, 5.74) is 2.37. The molecule has 9 heteroatoms. The molecule has 2 aromatic carbocycles. The zero-order chi connectivity index (χ0) is 26.7. The first-order chi connectivity index (χ1) is 18.4. The number of likely N-dealkylation sites (tertiary alicyclic amines) is 1. The monoisotopic (exact) mass is 511 g/mol. The van der Waals surface area contributed by atoms with E-state index in [4.69, 9.17) is 10.00 Å². The molecule has 3 amide bonds. The van der Waals surface area contributed by atoms with E-state index in [1.54, 1.807) is 24.3 Å². The number of carbonyl (C=O) groups is 3. The van der Waals surface area contributed by atoms with Crippen molar-refractivity contribution in [3.05, 3.63) is 64.7 Å². The van der Waals surface area contributed by atoms with Crippen molar-refractivity contribution in [2.24, 2.45) is 0 Å². The van der Waals surface area contributed by atoms with Gasteiger partial charge in [-0.25, -0.2) is 0 Å².